The molecule has 1 unspecified atom stereocenters. The smallest absolute Gasteiger partial charge is 0.270 e. The largest absolute Gasteiger partial charge is 0.370 e. The van der Waals surface area contributed by atoms with Gasteiger partial charge in [-0.2, -0.15) is 0 Å². The zero-order valence-corrected chi connectivity index (χ0v) is 7.65. The minimum atomic E-state index is -1.69. The van der Waals surface area contributed by atoms with Crippen LogP contribution in [0, 0.1) is 5.92 Å². The molecule has 0 aliphatic rings. The Bertz CT molecular complexity index is 203. The lowest BCUT2D eigenvalue weighted by molar-refractivity contribution is -0.136. The van der Waals surface area contributed by atoms with Gasteiger partial charge in [-0.1, -0.05) is 13.8 Å². The highest BCUT2D eigenvalue weighted by Crippen LogP contribution is 1.97. The number of aliphatic hydroxyl groups excluding tert-OH is 1. The van der Waals surface area contributed by atoms with Gasteiger partial charge in [0.05, 0.1) is 6.04 Å². The molecule has 13 heavy (non-hydrogen) atoms. The fraction of sp³-hybridized carbons (Fsp3) is 0.714. The van der Waals surface area contributed by atoms with Crippen LogP contribution in [0.2, 0.25) is 0 Å². The molecule has 2 atom stereocenters. The molecule has 6 nitrogen and oxygen atoms in total. The highest BCUT2D eigenvalue weighted by molar-refractivity contribution is 5.99. The van der Waals surface area contributed by atoms with Gasteiger partial charge < -0.3 is 10.8 Å². The number of carbonyl (C=O) groups is 2. The van der Waals surface area contributed by atoms with Crippen LogP contribution in [0.25, 0.3) is 0 Å². The molecular weight excluding hydrogens is 174 g/mol. The average Bonchev–Trinajstić information content (AvgIpc) is 2.02. The van der Waals surface area contributed by atoms with Crippen molar-refractivity contribution >= 4 is 11.8 Å². The van der Waals surface area contributed by atoms with Gasteiger partial charge >= 0.3 is 0 Å². The second-order valence-electron chi connectivity index (χ2n) is 3.07. The first-order chi connectivity index (χ1) is 5.86. The molecule has 0 saturated carbocycles. The monoisotopic (exact) mass is 189 g/mol. The molecule has 0 saturated heterocycles. The number of nitrogens with two attached hydrogens (primary N) is 2. The molecule has 0 bridgehead atoms. The Hall–Kier alpha value is -0.980. The van der Waals surface area contributed by atoms with Crippen LogP contribution in [0.4, 0.5) is 0 Å². The SMILES string of the molecule is CC(C)[C@H](N)C(=O)NC(=O)C(N)O. The molecule has 0 aliphatic heterocycles. The Kier molecular flexibility index (Phi) is 4.53. The predicted octanol–water partition coefficient (Wildman–Crippen LogP) is -2.11. The highest BCUT2D eigenvalue weighted by atomic mass is 16.3. The summed E-state index contributed by atoms with van der Waals surface area (Å²) in [6, 6.07) is -0.775. The Morgan fingerprint density at radius 1 is 1.23 bits per heavy atom. The van der Waals surface area contributed by atoms with E-state index >= 15 is 0 Å². The maximum absolute atomic E-state index is 11.1. The Morgan fingerprint density at radius 3 is 2.00 bits per heavy atom. The molecule has 2 amide bonds. The lowest BCUT2D eigenvalue weighted by atomic mass is 10.1. The molecule has 76 valence electrons. The number of hydrogen-bond acceptors (Lipinski definition) is 5. The van der Waals surface area contributed by atoms with E-state index in [0.717, 1.165) is 0 Å². The van der Waals surface area contributed by atoms with Crippen LogP contribution in [0.15, 0.2) is 0 Å². The molecule has 0 aliphatic carbocycles. The van der Waals surface area contributed by atoms with Crippen molar-refractivity contribution in [1.82, 2.24) is 5.32 Å². The van der Waals surface area contributed by atoms with Crippen molar-refractivity contribution in [3.05, 3.63) is 0 Å². The van der Waals surface area contributed by atoms with E-state index in [9.17, 15) is 9.59 Å². The van der Waals surface area contributed by atoms with Crippen molar-refractivity contribution in [2.45, 2.75) is 26.1 Å². The molecule has 6 heteroatoms. The second kappa shape index (κ2) is 4.90. The molecule has 0 radical (unpaired) electrons. The summed E-state index contributed by atoms with van der Waals surface area (Å²) in [5.74, 6) is -1.66. The summed E-state index contributed by atoms with van der Waals surface area (Å²) in [6.07, 6.45) is -1.69. The Morgan fingerprint density at radius 2 is 1.69 bits per heavy atom. The maximum atomic E-state index is 11.1. The predicted molar refractivity (Wildman–Crippen MR) is 46.2 cm³/mol. The molecule has 0 fully saturated rings. The van der Waals surface area contributed by atoms with Crippen LogP contribution in [-0.4, -0.2) is 29.2 Å². The van der Waals surface area contributed by atoms with E-state index in [2.05, 4.69) is 0 Å². The van der Waals surface area contributed by atoms with Gasteiger partial charge in [0.2, 0.25) is 5.91 Å². The molecule has 0 aromatic rings. The summed E-state index contributed by atoms with van der Waals surface area (Å²) >= 11 is 0. The Balaban J connectivity index is 4.08. The normalized spacial score (nSPS) is 15.2. The van der Waals surface area contributed by atoms with Gasteiger partial charge in [0, 0.05) is 0 Å². The minimum absolute atomic E-state index is 0.0808. The van der Waals surface area contributed by atoms with Crippen molar-refractivity contribution < 1.29 is 14.7 Å². The van der Waals surface area contributed by atoms with Crippen LogP contribution in [0.1, 0.15) is 13.8 Å². The van der Waals surface area contributed by atoms with E-state index in [1.54, 1.807) is 13.8 Å². The van der Waals surface area contributed by atoms with Crippen molar-refractivity contribution in [3.63, 3.8) is 0 Å². The van der Waals surface area contributed by atoms with Gasteiger partial charge in [-0.25, -0.2) is 0 Å². The maximum Gasteiger partial charge on any atom is 0.270 e. The third-order valence-corrected chi connectivity index (χ3v) is 1.54. The Labute approximate surface area is 76.3 Å². The number of aliphatic hydroxyl groups is 1. The third-order valence-electron chi connectivity index (χ3n) is 1.54. The number of carbonyl (C=O) groups excluding carboxylic acids is 2. The standard InChI is InChI=1S/C7H15N3O3/c1-3(2)4(8)6(12)10-7(13)5(9)11/h3-5,11H,8-9H2,1-2H3,(H,10,12,13)/t4-,5?/m0/s1. The minimum Gasteiger partial charge on any atom is -0.370 e. The zero-order chi connectivity index (χ0) is 10.6. The van der Waals surface area contributed by atoms with Gasteiger partial charge in [-0.3, -0.25) is 20.6 Å². The molecule has 0 heterocycles. The van der Waals surface area contributed by atoms with Gasteiger partial charge in [0.15, 0.2) is 6.23 Å². The summed E-state index contributed by atoms with van der Waals surface area (Å²) in [5, 5.41) is 10.4. The molecule has 0 aromatic heterocycles. The van der Waals surface area contributed by atoms with Crippen LogP contribution < -0.4 is 16.8 Å². The first-order valence-electron chi connectivity index (χ1n) is 3.90. The molecule has 6 N–H and O–H groups in total. The molecule has 0 rings (SSSR count). The number of rotatable bonds is 3. The van der Waals surface area contributed by atoms with E-state index in [4.69, 9.17) is 16.6 Å². The lowest BCUT2D eigenvalue weighted by Gasteiger charge is -2.14. The number of nitrogens with one attached hydrogen (secondary N) is 1. The number of amides is 2. The zero-order valence-electron chi connectivity index (χ0n) is 7.65. The fourth-order valence-corrected chi connectivity index (χ4v) is 0.581. The van der Waals surface area contributed by atoms with Crippen LogP contribution >= 0.6 is 0 Å². The summed E-state index contributed by atoms with van der Waals surface area (Å²) in [5.41, 5.74) is 10.2. The topological polar surface area (TPSA) is 118 Å². The number of hydrogen-bond donors (Lipinski definition) is 4. The summed E-state index contributed by atoms with van der Waals surface area (Å²) in [6.45, 7) is 3.49. The van der Waals surface area contributed by atoms with E-state index in [1.165, 1.54) is 0 Å². The van der Waals surface area contributed by atoms with Crippen LogP contribution in [0.3, 0.4) is 0 Å². The number of imide groups is 1. The van der Waals surface area contributed by atoms with E-state index < -0.39 is 24.1 Å². The van der Waals surface area contributed by atoms with Gasteiger partial charge in [0.25, 0.3) is 5.91 Å². The molecule has 0 spiro atoms. The van der Waals surface area contributed by atoms with E-state index in [1.807, 2.05) is 5.32 Å². The third kappa shape index (κ3) is 3.97. The van der Waals surface area contributed by atoms with Crippen molar-refractivity contribution in [2.24, 2.45) is 17.4 Å². The second-order valence-corrected chi connectivity index (χ2v) is 3.07. The quantitative estimate of drug-likeness (QED) is 0.379. The van der Waals surface area contributed by atoms with Crippen molar-refractivity contribution in [3.8, 4) is 0 Å². The lowest BCUT2D eigenvalue weighted by Crippen LogP contribution is -2.50. The first kappa shape index (κ1) is 12.0. The fourth-order valence-electron chi connectivity index (χ4n) is 0.581. The summed E-state index contributed by atoms with van der Waals surface area (Å²) < 4.78 is 0. The average molecular weight is 189 g/mol. The highest BCUT2D eigenvalue weighted by Gasteiger charge is 2.21. The van der Waals surface area contributed by atoms with Gasteiger partial charge in [0.1, 0.15) is 0 Å². The van der Waals surface area contributed by atoms with E-state index in [0.29, 0.717) is 0 Å². The van der Waals surface area contributed by atoms with Gasteiger partial charge in [-0.05, 0) is 5.92 Å². The van der Waals surface area contributed by atoms with Gasteiger partial charge in [-0.15, -0.1) is 0 Å². The van der Waals surface area contributed by atoms with Crippen LogP contribution in [-0.2, 0) is 9.59 Å². The van der Waals surface area contributed by atoms with Crippen molar-refractivity contribution in [2.75, 3.05) is 0 Å². The summed E-state index contributed by atoms with van der Waals surface area (Å²) in [7, 11) is 0. The summed E-state index contributed by atoms with van der Waals surface area (Å²) in [4.78, 5) is 21.8. The molecular formula is C7H15N3O3. The first-order valence-corrected chi connectivity index (χ1v) is 3.90. The van der Waals surface area contributed by atoms with Crippen LogP contribution in [0.5, 0.6) is 0 Å². The van der Waals surface area contributed by atoms with E-state index in [-0.39, 0.29) is 5.92 Å². The van der Waals surface area contributed by atoms with Crippen molar-refractivity contribution in [1.29, 1.82) is 0 Å². The molecule has 0 aromatic carbocycles.